The zero-order chi connectivity index (χ0) is 36.8. The highest BCUT2D eigenvalue weighted by molar-refractivity contribution is 5.91. The molecule has 0 spiro atoms. The van der Waals surface area contributed by atoms with E-state index in [2.05, 4.69) is 4.74 Å². The molecule has 0 saturated carbocycles. The van der Waals surface area contributed by atoms with Crippen molar-refractivity contribution in [2.45, 2.75) is 76.3 Å². The first-order valence-electron chi connectivity index (χ1n) is 16.7. The van der Waals surface area contributed by atoms with Gasteiger partial charge in [-0.1, -0.05) is 112 Å². The van der Waals surface area contributed by atoms with E-state index < -0.39 is 66.2 Å². The molecule has 3 aromatic carbocycles. The minimum atomic E-state index is -1.70. The molecule has 0 amide bonds. The summed E-state index contributed by atoms with van der Waals surface area (Å²) < 4.78 is 40.6. The number of hydrogen-bond acceptors (Lipinski definition) is 12. The second-order valence-electron chi connectivity index (χ2n) is 11.4. The van der Waals surface area contributed by atoms with Crippen LogP contribution in [0.1, 0.15) is 56.7 Å². The number of benzene rings is 3. The quantitative estimate of drug-likeness (QED) is 0.0912. The Morgan fingerprint density at radius 3 is 1.43 bits per heavy atom. The Morgan fingerprint density at radius 2 is 1.00 bits per heavy atom. The lowest BCUT2D eigenvalue weighted by Gasteiger charge is -2.45. The van der Waals surface area contributed by atoms with E-state index in [0.717, 1.165) is 36.0 Å². The molecule has 51 heavy (non-hydrogen) atoms. The molecule has 1 aliphatic rings. The van der Waals surface area contributed by atoms with Crippen molar-refractivity contribution in [3.63, 3.8) is 0 Å². The summed E-state index contributed by atoms with van der Waals surface area (Å²) in [4.78, 5) is 63.1. The van der Waals surface area contributed by atoms with E-state index in [1.165, 1.54) is 0 Å². The maximum Gasteiger partial charge on any atom is 0.333 e. The van der Waals surface area contributed by atoms with Crippen LogP contribution in [-0.2, 0) is 62.7 Å². The summed E-state index contributed by atoms with van der Waals surface area (Å²) in [6.45, 7) is 4.37. The van der Waals surface area contributed by atoms with Crippen molar-refractivity contribution in [1.82, 2.24) is 0 Å². The van der Waals surface area contributed by atoms with Gasteiger partial charge in [0.15, 0.2) is 12.2 Å². The summed E-state index contributed by atoms with van der Waals surface area (Å²) >= 11 is 0. The fraction of sp³-hybridized carbons (Fsp3) is 0.359. The van der Waals surface area contributed by atoms with Gasteiger partial charge >= 0.3 is 29.8 Å². The second kappa shape index (κ2) is 18.6. The van der Waals surface area contributed by atoms with E-state index in [0.29, 0.717) is 0 Å². The predicted octanol–water partition coefficient (Wildman–Crippen LogP) is 4.96. The summed E-state index contributed by atoms with van der Waals surface area (Å²) in [5.74, 6) is -3.99. The van der Waals surface area contributed by atoms with Crippen LogP contribution in [0.25, 0.3) is 0 Å². The van der Waals surface area contributed by atoms with Crippen LogP contribution in [0.2, 0.25) is 0 Å². The van der Waals surface area contributed by atoms with E-state index in [-0.39, 0.29) is 25.9 Å². The molecule has 0 unspecified atom stereocenters. The highest BCUT2D eigenvalue weighted by atomic mass is 16.7. The van der Waals surface area contributed by atoms with E-state index in [9.17, 15) is 24.0 Å². The molecule has 1 heterocycles. The molecule has 4 rings (SSSR count). The lowest BCUT2D eigenvalue weighted by molar-refractivity contribution is -0.303. The van der Waals surface area contributed by atoms with E-state index in [1.54, 1.807) is 20.8 Å². The van der Waals surface area contributed by atoms with Gasteiger partial charge in [0.1, 0.15) is 11.7 Å². The van der Waals surface area contributed by atoms with Gasteiger partial charge < -0.3 is 33.2 Å². The van der Waals surface area contributed by atoms with Crippen LogP contribution in [0.3, 0.4) is 0 Å². The number of carbonyl (C=O) groups is 5. The number of hydrogen-bond donors (Lipinski definition) is 0. The molecule has 0 aromatic heterocycles. The van der Waals surface area contributed by atoms with Gasteiger partial charge in [-0.05, 0) is 16.7 Å². The van der Waals surface area contributed by atoms with Crippen molar-refractivity contribution in [3.05, 3.63) is 120 Å². The third-order valence-corrected chi connectivity index (χ3v) is 8.05. The maximum absolute atomic E-state index is 12.9. The van der Waals surface area contributed by atoms with Gasteiger partial charge in [-0.15, -0.1) is 0 Å². The Kier molecular flexibility index (Phi) is 14.0. The number of carbonyl (C=O) groups excluding carboxylic acids is 5. The van der Waals surface area contributed by atoms with Crippen LogP contribution in [0, 0.1) is 0 Å². The third-order valence-electron chi connectivity index (χ3n) is 8.05. The average Bonchev–Trinajstić information content (AvgIpc) is 3.17. The van der Waals surface area contributed by atoms with Crippen LogP contribution in [0.15, 0.2) is 103 Å². The van der Waals surface area contributed by atoms with Crippen LogP contribution < -0.4 is 0 Å². The fourth-order valence-corrected chi connectivity index (χ4v) is 5.55. The largest absolute Gasteiger partial charge is 0.466 e. The minimum Gasteiger partial charge on any atom is -0.466 e. The molecule has 5 atom stereocenters. The summed E-state index contributed by atoms with van der Waals surface area (Å²) in [7, 11) is 1.14. The third kappa shape index (κ3) is 9.68. The molecule has 0 aliphatic carbocycles. The molecule has 0 N–H and O–H groups in total. The Balaban J connectivity index is 1.85. The van der Waals surface area contributed by atoms with Crippen molar-refractivity contribution in [1.29, 1.82) is 0 Å². The average molecular weight is 703 g/mol. The zero-order valence-electron chi connectivity index (χ0n) is 28.9. The molecule has 0 bridgehead atoms. The summed E-state index contributed by atoms with van der Waals surface area (Å²) in [5, 5.41) is 0. The lowest BCUT2D eigenvalue weighted by atomic mass is 9.80. The normalized spacial score (nSPS) is 20.2. The smallest absolute Gasteiger partial charge is 0.333 e. The highest BCUT2D eigenvalue weighted by Crippen LogP contribution is 2.41. The van der Waals surface area contributed by atoms with Gasteiger partial charge in [0.25, 0.3) is 0 Å². The number of esters is 5. The van der Waals surface area contributed by atoms with Gasteiger partial charge in [0, 0.05) is 31.4 Å². The van der Waals surface area contributed by atoms with Crippen molar-refractivity contribution < 1.29 is 57.1 Å². The molecule has 12 heteroatoms. The highest BCUT2D eigenvalue weighted by Gasteiger charge is 2.54. The molecule has 270 valence electrons. The Hall–Kier alpha value is -5.33. The predicted molar refractivity (Wildman–Crippen MR) is 182 cm³/mol. The lowest BCUT2D eigenvalue weighted by Crippen LogP contribution is -2.63. The van der Waals surface area contributed by atoms with E-state index >= 15 is 0 Å². The SMILES string of the molecule is CCC(=O)O[C@H]1[C@@H](OC(=O)CC)[C@@H](COC(c2ccccc2)(c2ccccc2)c2ccccc2)O[C@H](OC(=O)/C=C/C(=O)OC)[C@@H]1OC(=O)CC. The summed E-state index contributed by atoms with van der Waals surface area (Å²) in [5.41, 5.74) is 1.04. The first-order valence-corrected chi connectivity index (χ1v) is 16.7. The molecule has 3 aromatic rings. The van der Waals surface area contributed by atoms with E-state index in [4.69, 9.17) is 28.4 Å². The topological polar surface area (TPSA) is 150 Å². The van der Waals surface area contributed by atoms with Crippen LogP contribution in [0.5, 0.6) is 0 Å². The van der Waals surface area contributed by atoms with Gasteiger partial charge in [0.05, 0.1) is 13.7 Å². The molecule has 1 fully saturated rings. The van der Waals surface area contributed by atoms with Crippen LogP contribution in [-0.4, -0.2) is 74.3 Å². The van der Waals surface area contributed by atoms with Gasteiger partial charge in [0.2, 0.25) is 12.4 Å². The molecule has 1 saturated heterocycles. The molecular formula is C39H42O12. The van der Waals surface area contributed by atoms with Crippen molar-refractivity contribution in [2.24, 2.45) is 0 Å². The Labute approximate surface area is 296 Å². The number of ether oxygens (including phenoxy) is 7. The Morgan fingerprint density at radius 1 is 0.588 bits per heavy atom. The summed E-state index contributed by atoms with van der Waals surface area (Å²) in [6, 6.07) is 28.4. The minimum absolute atomic E-state index is 0.0450. The second-order valence-corrected chi connectivity index (χ2v) is 11.4. The molecular weight excluding hydrogens is 660 g/mol. The molecule has 0 radical (unpaired) electrons. The standard InChI is InChI=1S/C39H42O12/c1-5-30(40)48-35-29(25-46-39(26-17-11-8-12-18-26,27-19-13-9-14-20-27)28-21-15-10-16-22-28)47-38(51-34(44)24-23-33(43)45-4)37(50-32(42)7-3)36(35)49-31(41)6-2/h8-24,29,35-38H,5-7,25H2,1-4H3/b24-23+/t29-,35+,36+,37-,38-/m1/s1. The first-order chi connectivity index (χ1) is 24.7. The van der Waals surface area contributed by atoms with Gasteiger partial charge in [-0.25, -0.2) is 9.59 Å². The van der Waals surface area contributed by atoms with Crippen LogP contribution >= 0.6 is 0 Å². The van der Waals surface area contributed by atoms with Crippen LogP contribution in [0.4, 0.5) is 0 Å². The van der Waals surface area contributed by atoms with E-state index in [1.807, 2.05) is 91.0 Å². The maximum atomic E-state index is 12.9. The van der Waals surface area contributed by atoms with Crippen molar-refractivity contribution >= 4 is 29.8 Å². The number of methoxy groups -OCH3 is 1. The van der Waals surface area contributed by atoms with Gasteiger partial charge in [-0.2, -0.15) is 0 Å². The Bertz CT molecular complexity index is 1540. The zero-order valence-corrected chi connectivity index (χ0v) is 28.9. The van der Waals surface area contributed by atoms with Gasteiger partial charge in [-0.3, -0.25) is 14.4 Å². The monoisotopic (exact) mass is 702 g/mol. The first kappa shape index (κ1) is 38.5. The number of rotatable bonds is 15. The van der Waals surface area contributed by atoms with Crippen molar-refractivity contribution in [3.8, 4) is 0 Å². The fourth-order valence-electron chi connectivity index (χ4n) is 5.55. The molecule has 1 aliphatic heterocycles. The molecule has 12 nitrogen and oxygen atoms in total. The van der Waals surface area contributed by atoms with Crippen molar-refractivity contribution in [2.75, 3.05) is 13.7 Å². The summed E-state index contributed by atoms with van der Waals surface area (Å²) in [6.07, 6.45) is -5.97.